The van der Waals surface area contributed by atoms with E-state index in [9.17, 15) is 9.59 Å². The van der Waals surface area contributed by atoms with Gasteiger partial charge in [0, 0.05) is 29.6 Å². The monoisotopic (exact) mass is 443 g/mol. The number of benzene rings is 1. The van der Waals surface area contributed by atoms with Crippen LogP contribution in [0.5, 0.6) is 0 Å². The lowest BCUT2D eigenvalue weighted by Crippen LogP contribution is -2.38. The molecule has 2 amide bonds. The van der Waals surface area contributed by atoms with E-state index in [0.29, 0.717) is 5.69 Å². The Bertz CT molecular complexity index is 1140. The second-order valence-corrected chi connectivity index (χ2v) is 9.08. The number of anilines is 2. The van der Waals surface area contributed by atoms with Gasteiger partial charge in [-0.25, -0.2) is 9.97 Å². The van der Waals surface area contributed by atoms with Gasteiger partial charge in [0.2, 0.25) is 11.8 Å². The van der Waals surface area contributed by atoms with Crippen molar-refractivity contribution >= 4 is 56.5 Å². The molecule has 156 valence electrons. The first-order valence-corrected chi connectivity index (χ1v) is 10.9. The van der Waals surface area contributed by atoms with Crippen LogP contribution in [0.1, 0.15) is 33.6 Å². The predicted octanol–water partition coefficient (Wildman–Crippen LogP) is 3.92. The maximum absolute atomic E-state index is 12.7. The summed E-state index contributed by atoms with van der Waals surface area (Å²) in [6.07, 6.45) is 3.07. The normalized spacial score (nSPS) is 14.8. The molecule has 9 heteroatoms. The maximum Gasteiger partial charge on any atom is 0.250 e. The SMILES string of the molecule is Cc1sc2ncnc(N3CCC(C(=O)Nc4ccc(C(N)=O)c(Cl)c4)CC3)c2c1C. The summed E-state index contributed by atoms with van der Waals surface area (Å²) in [6, 6.07) is 4.71. The van der Waals surface area contributed by atoms with Gasteiger partial charge in [0.15, 0.2) is 0 Å². The molecule has 1 aliphatic heterocycles. The number of rotatable bonds is 4. The van der Waals surface area contributed by atoms with Gasteiger partial charge in [0.05, 0.1) is 16.0 Å². The number of primary amides is 1. The zero-order valence-electron chi connectivity index (χ0n) is 16.7. The van der Waals surface area contributed by atoms with Crippen LogP contribution < -0.4 is 16.0 Å². The van der Waals surface area contributed by atoms with Crippen molar-refractivity contribution in [1.82, 2.24) is 9.97 Å². The molecule has 1 aromatic carbocycles. The molecule has 2 aromatic heterocycles. The van der Waals surface area contributed by atoms with Crippen molar-refractivity contribution in [2.24, 2.45) is 11.7 Å². The highest BCUT2D eigenvalue weighted by Crippen LogP contribution is 2.35. The fourth-order valence-corrected chi connectivity index (χ4v) is 5.06. The molecular formula is C21H22ClN5O2S. The van der Waals surface area contributed by atoms with Gasteiger partial charge in [-0.15, -0.1) is 11.3 Å². The lowest BCUT2D eigenvalue weighted by molar-refractivity contribution is -0.120. The van der Waals surface area contributed by atoms with Gasteiger partial charge >= 0.3 is 0 Å². The fourth-order valence-electron chi connectivity index (χ4n) is 3.79. The number of carbonyl (C=O) groups excluding carboxylic acids is 2. The highest BCUT2D eigenvalue weighted by Gasteiger charge is 2.27. The summed E-state index contributed by atoms with van der Waals surface area (Å²) in [5.74, 6) is 0.209. The molecule has 30 heavy (non-hydrogen) atoms. The Morgan fingerprint density at radius 1 is 1.23 bits per heavy atom. The largest absolute Gasteiger partial charge is 0.366 e. The number of carbonyl (C=O) groups is 2. The number of piperidine rings is 1. The zero-order chi connectivity index (χ0) is 21.4. The van der Waals surface area contributed by atoms with Crippen LogP contribution in [0.3, 0.4) is 0 Å². The Morgan fingerprint density at radius 2 is 1.97 bits per heavy atom. The molecule has 0 bridgehead atoms. The van der Waals surface area contributed by atoms with E-state index in [1.54, 1.807) is 29.8 Å². The lowest BCUT2D eigenvalue weighted by atomic mass is 9.95. The number of hydrogen-bond donors (Lipinski definition) is 2. The minimum atomic E-state index is -0.597. The molecule has 0 radical (unpaired) electrons. The first kappa shape index (κ1) is 20.6. The van der Waals surface area contributed by atoms with Crippen LogP contribution in [0, 0.1) is 19.8 Å². The number of hydrogen-bond acceptors (Lipinski definition) is 6. The molecule has 1 fully saturated rings. The highest BCUT2D eigenvalue weighted by atomic mass is 35.5. The van der Waals surface area contributed by atoms with E-state index in [2.05, 4.69) is 34.0 Å². The summed E-state index contributed by atoms with van der Waals surface area (Å²) in [5.41, 5.74) is 7.28. The van der Waals surface area contributed by atoms with Crippen LogP contribution in [0.2, 0.25) is 5.02 Å². The smallest absolute Gasteiger partial charge is 0.250 e. The van der Waals surface area contributed by atoms with E-state index in [0.717, 1.165) is 42.0 Å². The Kier molecular flexibility index (Phi) is 5.62. The number of amides is 2. The number of nitrogens with one attached hydrogen (secondary N) is 1. The third kappa shape index (κ3) is 3.85. The van der Waals surface area contributed by atoms with Crippen LogP contribution >= 0.6 is 22.9 Å². The van der Waals surface area contributed by atoms with Gasteiger partial charge in [-0.1, -0.05) is 11.6 Å². The molecule has 7 nitrogen and oxygen atoms in total. The molecule has 4 rings (SSSR count). The number of fused-ring (bicyclic) bond motifs is 1. The third-order valence-corrected chi connectivity index (χ3v) is 7.04. The van der Waals surface area contributed by atoms with Crippen LogP contribution in [-0.2, 0) is 4.79 Å². The van der Waals surface area contributed by atoms with Gasteiger partial charge in [-0.05, 0) is 50.5 Å². The first-order chi connectivity index (χ1) is 14.3. The molecular weight excluding hydrogens is 422 g/mol. The van der Waals surface area contributed by atoms with E-state index >= 15 is 0 Å². The van der Waals surface area contributed by atoms with Gasteiger partial charge in [0.25, 0.3) is 0 Å². The van der Waals surface area contributed by atoms with Crippen molar-refractivity contribution in [3.63, 3.8) is 0 Å². The topological polar surface area (TPSA) is 101 Å². The molecule has 0 unspecified atom stereocenters. The van der Waals surface area contributed by atoms with Crippen molar-refractivity contribution < 1.29 is 9.59 Å². The summed E-state index contributed by atoms with van der Waals surface area (Å²) in [7, 11) is 0. The molecule has 3 N–H and O–H groups in total. The third-order valence-electron chi connectivity index (χ3n) is 5.61. The molecule has 3 heterocycles. The summed E-state index contributed by atoms with van der Waals surface area (Å²) in [6.45, 7) is 5.71. The maximum atomic E-state index is 12.7. The van der Waals surface area contributed by atoms with Crippen molar-refractivity contribution in [3.8, 4) is 0 Å². The molecule has 0 aliphatic carbocycles. The number of nitrogens with two attached hydrogens (primary N) is 1. The number of thiophene rings is 1. The van der Waals surface area contributed by atoms with Gasteiger partial charge < -0.3 is 16.0 Å². The quantitative estimate of drug-likeness (QED) is 0.636. The Hall–Kier alpha value is -2.71. The Labute approximate surface area is 183 Å². The minimum Gasteiger partial charge on any atom is -0.366 e. The number of halogens is 1. The molecule has 0 saturated carbocycles. The van der Waals surface area contributed by atoms with Gasteiger partial charge in [0.1, 0.15) is 17.0 Å². The van der Waals surface area contributed by atoms with Crippen LogP contribution in [0.15, 0.2) is 24.5 Å². The molecule has 1 aliphatic rings. The lowest BCUT2D eigenvalue weighted by Gasteiger charge is -2.32. The molecule has 3 aromatic rings. The molecule has 0 atom stereocenters. The van der Waals surface area contributed by atoms with Gasteiger partial charge in [-0.3, -0.25) is 9.59 Å². The number of aryl methyl sites for hydroxylation is 2. The fraction of sp³-hybridized carbons (Fsp3) is 0.333. The van der Waals surface area contributed by atoms with E-state index in [-0.39, 0.29) is 22.4 Å². The average molecular weight is 444 g/mol. The Balaban J connectivity index is 1.43. The number of aromatic nitrogens is 2. The summed E-state index contributed by atoms with van der Waals surface area (Å²) < 4.78 is 0. The zero-order valence-corrected chi connectivity index (χ0v) is 18.3. The van der Waals surface area contributed by atoms with E-state index in [4.69, 9.17) is 17.3 Å². The summed E-state index contributed by atoms with van der Waals surface area (Å²) >= 11 is 7.76. The average Bonchev–Trinajstić information content (AvgIpc) is 3.02. The van der Waals surface area contributed by atoms with Crippen LogP contribution in [0.25, 0.3) is 10.2 Å². The van der Waals surface area contributed by atoms with Crippen LogP contribution in [-0.4, -0.2) is 34.9 Å². The summed E-state index contributed by atoms with van der Waals surface area (Å²) in [5, 5.41) is 4.24. The van der Waals surface area contributed by atoms with Crippen molar-refractivity contribution in [2.45, 2.75) is 26.7 Å². The second kappa shape index (κ2) is 8.20. The predicted molar refractivity (Wildman–Crippen MR) is 120 cm³/mol. The van der Waals surface area contributed by atoms with Crippen molar-refractivity contribution in [2.75, 3.05) is 23.3 Å². The van der Waals surface area contributed by atoms with Crippen molar-refractivity contribution in [3.05, 3.63) is 45.6 Å². The number of nitrogens with zero attached hydrogens (tertiary/aromatic N) is 3. The van der Waals surface area contributed by atoms with Gasteiger partial charge in [-0.2, -0.15) is 0 Å². The second-order valence-electron chi connectivity index (χ2n) is 7.47. The standard InChI is InChI=1S/C21H22ClN5O2S/c1-11-12(2)30-21-17(11)19(24-10-25-21)27-7-5-13(6-8-27)20(29)26-14-3-4-15(18(23)28)16(22)9-14/h3-4,9-10,13H,5-8H2,1-2H3,(H2,23,28)(H,26,29). The molecule has 1 saturated heterocycles. The molecule has 0 spiro atoms. The summed E-state index contributed by atoms with van der Waals surface area (Å²) in [4.78, 5) is 37.5. The van der Waals surface area contributed by atoms with Crippen molar-refractivity contribution in [1.29, 1.82) is 0 Å². The van der Waals surface area contributed by atoms with E-state index in [1.807, 2.05) is 0 Å². The first-order valence-electron chi connectivity index (χ1n) is 9.71. The minimum absolute atomic E-state index is 0.0482. The highest BCUT2D eigenvalue weighted by molar-refractivity contribution is 7.18. The Morgan fingerprint density at radius 3 is 2.63 bits per heavy atom. The van der Waals surface area contributed by atoms with E-state index < -0.39 is 5.91 Å². The van der Waals surface area contributed by atoms with E-state index in [1.165, 1.54) is 16.5 Å². The van der Waals surface area contributed by atoms with Crippen LogP contribution in [0.4, 0.5) is 11.5 Å².